The Kier molecular flexibility index (Phi) is 15.9. The molecule has 0 spiro atoms. The molecule has 8 aromatic heterocycles. The number of fused-ring (bicyclic) bond motifs is 10. The first-order chi connectivity index (χ1) is 52.5. The van der Waals surface area contributed by atoms with E-state index < -0.39 is 0 Å². The molecule has 0 N–H and O–H groups in total. The Labute approximate surface area is 607 Å². The van der Waals surface area contributed by atoms with Crippen LogP contribution in [0.2, 0.25) is 0 Å². The molecule has 0 aliphatic rings. The minimum absolute atomic E-state index is 0.702. The topological polar surface area (TPSA) is 168 Å². The summed E-state index contributed by atoms with van der Waals surface area (Å²) in [6.07, 6.45) is 3.58. The van der Waals surface area contributed by atoms with Gasteiger partial charge in [-0.2, -0.15) is 0 Å². The number of hydrogen-bond acceptors (Lipinski definition) is 13. The molecule has 20 rings (SSSR count). The molecule has 0 unspecified atom stereocenters. The maximum absolute atomic E-state index is 5.36. The minimum Gasteiger partial charge on any atom is -0.255 e. The molecular weight excluding hydrogens is 1300 g/mol. The molecule has 0 bridgehead atoms. The van der Waals surface area contributed by atoms with Gasteiger partial charge in [0, 0.05) is 83.7 Å². The predicted molar refractivity (Wildman–Crippen MR) is 423 cm³/mol. The van der Waals surface area contributed by atoms with Gasteiger partial charge in [-0.05, 0) is 132 Å². The Hall–Kier alpha value is -14.7. The van der Waals surface area contributed by atoms with Gasteiger partial charge in [0.1, 0.15) is 22.1 Å². The molecule has 0 atom stereocenters. The summed E-state index contributed by atoms with van der Waals surface area (Å²) in [4.78, 5) is 34.4. The lowest BCUT2D eigenvalue weighted by molar-refractivity contribution is 0.316. The molecule has 0 radical (unpaired) electrons. The summed E-state index contributed by atoms with van der Waals surface area (Å²) < 4.78 is 10.7. The molecule has 13 nitrogen and oxygen atoms in total. The van der Waals surface area contributed by atoms with E-state index in [0.29, 0.717) is 5.82 Å². The zero-order valence-electron chi connectivity index (χ0n) is 56.6. The number of para-hydroxylation sites is 2. The molecule has 106 heavy (non-hydrogen) atoms. The van der Waals surface area contributed by atoms with Crippen LogP contribution in [0.1, 0.15) is 0 Å². The normalized spacial score (nSPS) is 11.4. The molecule has 0 amide bonds. The first-order valence-corrected chi connectivity index (χ1v) is 34.9. The van der Waals surface area contributed by atoms with Crippen LogP contribution < -0.4 is 0 Å². The van der Waals surface area contributed by atoms with Gasteiger partial charge >= 0.3 is 0 Å². The van der Waals surface area contributed by atoms with E-state index in [4.69, 9.17) is 34.2 Å². The smallest absolute Gasteiger partial charge is 0.160 e. The second-order valence-electron chi connectivity index (χ2n) is 25.9. The van der Waals surface area contributed by atoms with Crippen molar-refractivity contribution in [3.63, 3.8) is 0 Å². The monoisotopic (exact) mass is 1360 g/mol. The number of pyridine rings is 5. The third kappa shape index (κ3) is 11.8. The summed E-state index contributed by atoms with van der Waals surface area (Å²) in [5.41, 5.74) is 27.1. The quantitative estimate of drug-likeness (QED) is 0.106. The van der Waals surface area contributed by atoms with Gasteiger partial charge in [-0.25, -0.2) is 34.2 Å². The average Bonchev–Trinajstić information content (AvgIpc) is 1.33. The van der Waals surface area contributed by atoms with E-state index in [1.807, 2.05) is 158 Å². The van der Waals surface area contributed by atoms with Gasteiger partial charge in [0.05, 0.1) is 56.6 Å². The molecule has 496 valence electrons. The summed E-state index contributed by atoms with van der Waals surface area (Å²) >= 11 is 0. The van der Waals surface area contributed by atoms with Crippen LogP contribution in [0.15, 0.2) is 355 Å². The fourth-order valence-electron chi connectivity index (χ4n) is 14.2. The molecule has 0 saturated carbocycles. The minimum atomic E-state index is 0.702. The predicted octanol–water partition coefficient (Wildman–Crippen LogP) is 22.8. The molecular formula is C93H57N11O2. The maximum Gasteiger partial charge on any atom is 0.160 e. The first-order valence-electron chi connectivity index (χ1n) is 34.9. The molecule has 13 heteroatoms. The van der Waals surface area contributed by atoms with Gasteiger partial charge in [-0.15, -0.1) is 0 Å². The Morgan fingerprint density at radius 2 is 0.538 bits per heavy atom. The lowest BCUT2D eigenvalue weighted by Gasteiger charge is -2.13. The van der Waals surface area contributed by atoms with Crippen molar-refractivity contribution in [3.8, 4) is 135 Å². The first kappa shape index (κ1) is 62.3. The lowest BCUT2D eigenvalue weighted by atomic mass is 9.93. The van der Waals surface area contributed by atoms with Crippen molar-refractivity contribution in [2.24, 2.45) is 0 Å². The molecule has 0 saturated heterocycles. The fourth-order valence-corrected chi connectivity index (χ4v) is 14.2. The van der Waals surface area contributed by atoms with Crippen molar-refractivity contribution in [3.05, 3.63) is 346 Å². The third-order valence-electron chi connectivity index (χ3n) is 19.5. The van der Waals surface area contributed by atoms with Crippen LogP contribution in [0.25, 0.3) is 200 Å². The highest BCUT2D eigenvalue weighted by atomic mass is 16.6. The summed E-state index contributed by atoms with van der Waals surface area (Å²) in [6.45, 7) is 0. The highest BCUT2D eigenvalue weighted by Crippen LogP contribution is 2.44. The van der Waals surface area contributed by atoms with Crippen LogP contribution in [0, 0.1) is 0 Å². The number of benzene rings is 12. The van der Waals surface area contributed by atoms with E-state index in [2.05, 4.69) is 207 Å². The van der Waals surface area contributed by atoms with Crippen molar-refractivity contribution in [1.82, 2.24) is 55.5 Å². The van der Waals surface area contributed by atoms with E-state index in [1.165, 1.54) is 0 Å². The molecule has 0 aliphatic heterocycles. The third-order valence-corrected chi connectivity index (χ3v) is 19.5. The summed E-state index contributed by atoms with van der Waals surface area (Å²) in [7, 11) is 0. The second kappa shape index (κ2) is 27.0. The van der Waals surface area contributed by atoms with Crippen LogP contribution in [0.3, 0.4) is 0 Å². The van der Waals surface area contributed by atoms with Crippen LogP contribution in [0.5, 0.6) is 0 Å². The molecule has 8 heterocycles. The van der Waals surface area contributed by atoms with Crippen molar-refractivity contribution < 1.29 is 9.26 Å². The van der Waals surface area contributed by atoms with Crippen molar-refractivity contribution in [1.29, 1.82) is 0 Å². The van der Waals surface area contributed by atoms with E-state index in [1.54, 1.807) is 12.4 Å². The number of rotatable bonds is 12. The van der Waals surface area contributed by atoms with Crippen molar-refractivity contribution in [2.45, 2.75) is 0 Å². The fraction of sp³-hybridized carbons (Fsp3) is 0. The standard InChI is InChI=1S/C47H29N5O.C46H28N6O/c1-4-12-32(13-5-1)38-28-39-43(46-45(38)51-53-52-46)37-18-10-11-19-40(37)48-44(39)35-26-22-31(23-27-35)30-20-24-34(25-21-30)42-29-41(33-14-6-2-7-15-33)49-47(50-42)36-16-8-3-9-17-36;1-2-10-32(11-3-1)36-28-37-43(46-45(36)51-53-52-46)35-12-4-5-13-38(35)50-44(37)33-22-20-30(21-23-33)29-16-18-31(19-17-29)34-26-41(39-14-6-8-24-47-39)49-42(27-34)40-15-7-9-25-48-40/h1-29H;1-28H. The van der Waals surface area contributed by atoms with Crippen LogP contribution in [-0.2, 0) is 0 Å². The molecule has 12 aromatic carbocycles. The summed E-state index contributed by atoms with van der Waals surface area (Å²) in [5.74, 6) is 0.702. The van der Waals surface area contributed by atoms with E-state index >= 15 is 0 Å². The van der Waals surface area contributed by atoms with E-state index in [-0.39, 0.29) is 0 Å². The van der Waals surface area contributed by atoms with Crippen LogP contribution in [-0.4, -0.2) is 55.5 Å². The van der Waals surface area contributed by atoms with Gasteiger partial charge in [-0.1, -0.05) is 267 Å². The maximum atomic E-state index is 5.36. The van der Waals surface area contributed by atoms with E-state index in [9.17, 15) is 0 Å². The van der Waals surface area contributed by atoms with Gasteiger partial charge in [0.2, 0.25) is 0 Å². The Bertz CT molecular complexity index is 6110. The SMILES string of the molecule is c1ccc(-c2cc(-c3ccc(-c4ccc(-c5nc6ccccc6c6c5cc(-c5ccccc5)c5nonc56)cc4)cc3)nc(-c3ccccc3)n2)cc1.c1ccc(-c2cc3c(-c4ccc(-c5ccc(-c6cc(-c7ccccn7)nc(-c7ccccn7)c6)cc5)cc4)nc4ccccc4c3c3nonc23)cc1. The molecule has 0 fully saturated rings. The van der Waals surface area contributed by atoms with E-state index in [0.717, 1.165) is 194 Å². The Morgan fingerprint density at radius 3 is 0.953 bits per heavy atom. The Morgan fingerprint density at radius 1 is 0.198 bits per heavy atom. The van der Waals surface area contributed by atoms with Crippen molar-refractivity contribution >= 4 is 65.4 Å². The lowest BCUT2D eigenvalue weighted by Crippen LogP contribution is -1.95. The van der Waals surface area contributed by atoms with Gasteiger partial charge in [0.25, 0.3) is 0 Å². The second-order valence-corrected chi connectivity index (χ2v) is 25.9. The zero-order valence-corrected chi connectivity index (χ0v) is 56.6. The van der Waals surface area contributed by atoms with Gasteiger partial charge in [0.15, 0.2) is 5.82 Å². The summed E-state index contributed by atoms with van der Waals surface area (Å²) in [6, 6.07) is 114. The van der Waals surface area contributed by atoms with Gasteiger partial charge < -0.3 is 0 Å². The number of aromatic nitrogens is 11. The van der Waals surface area contributed by atoms with Crippen molar-refractivity contribution in [2.75, 3.05) is 0 Å². The van der Waals surface area contributed by atoms with Crippen LogP contribution in [0.4, 0.5) is 0 Å². The zero-order chi connectivity index (χ0) is 70.3. The Balaban J connectivity index is 0.000000145. The highest BCUT2D eigenvalue weighted by molar-refractivity contribution is 6.24. The van der Waals surface area contributed by atoms with Crippen LogP contribution >= 0.6 is 0 Å². The average molecular weight is 1360 g/mol. The summed E-state index contributed by atoms with van der Waals surface area (Å²) in [5, 5.41) is 23.5. The molecule has 20 aromatic rings. The molecule has 0 aliphatic carbocycles. The number of nitrogens with zero attached hydrogens (tertiary/aromatic N) is 11. The van der Waals surface area contributed by atoms with Gasteiger partial charge in [-0.3, -0.25) is 9.97 Å². The largest absolute Gasteiger partial charge is 0.255 e. The number of hydrogen-bond donors (Lipinski definition) is 0. The highest BCUT2D eigenvalue weighted by Gasteiger charge is 2.23.